The SMILES string of the molecule is Cc1ccc(F)cc1C(C#N)Nc1ccccc1. The van der Waals surface area contributed by atoms with Crippen LogP contribution in [0.1, 0.15) is 17.2 Å². The molecule has 1 unspecified atom stereocenters. The van der Waals surface area contributed by atoms with Gasteiger partial charge in [-0.2, -0.15) is 5.26 Å². The Morgan fingerprint density at radius 2 is 1.89 bits per heavy atom. The molecule has 2 nitrogen and oxygen atoms in total. The summed E-state index contributed by atoms with van der Waals surface area (Å²) < 4.78 is 13.2. The summed E-state index contributed by atoms with van der Waals surface area (Å²) in [5.74, 6) is -0.328. The van der Waals surface area contributed by atoms with Crippen molar-refractivity contribution < 1.29 is 4.39 Å². The molecule has 90 valence electrons. The molecule has 2 rings (SSSR count). The molecule has 0 aromatic heterocycles. The van der Waals surface area contributed by atoms with E-state index in [9.17, 15) is 9.65 Å². The van der Waals surface area contributed by atoms with Crippen molar-refractivity contribution in [2.45, 2.75) is 13.0 Å². The first-order valence-electron chi connectivity index (χ1n) is 5.68. The molecule has 0 saturated carbocycles. The maximum absolute atomic E-state index is 13.2. The van der Waals surface area contributed by atoms with Gasteiger partial charge in [-0.15, -0.1) is 0 Å². The number of nitrogens with one attached hydrogen (secondary N) is 1. The molecule has 0 aliphatic rings. The number of nitrogens with zero attached hydrogens (tertiary/aromatic N) is 1. The van der Waals surface area contributed by atoms with Gasteiger partial charge in [0.05, 0.1) is 6.07 Å². The first-order valence-corrected chi connectivity index (χ1v) is 5.68. The minimum absolute atomic E-state index is 0.328. The summed E-state index contributed by atoms with van der Waals surface area (Å²) in [4.78, 5) is 0. The van der Waals surface area contributed by atoms with E-state index in [0.717, 1.165) is 11.3 Å². The topological polar surface area (TPSA) is 35.8 Å². The summed E-state index contributed by atoms with van der Waals surface area (Å²) in [5.41, 5.74) is 2.40. The van der Waals surface area contributed by atoms with Crippen molar-refractivity contribution in [3.8, 4) is 6.07 Å². The van der Waals surface area contributed by atoms with E-state index in [1.54, 1.807) is 6.07 Å². The molecule has 0 heterocycles. The van der Waals surface area contributed by atoms with E-state index >= 15 is 0 Å². The first-order chi connectivity index (χ1) is 8.70. The third-order valence-corrected chi connectivity index (χ3v) is 2.77. The van der Waals surface area contributed by atoms with E-state index in [0.29, 0.717) is 5.56 Å². The van der Waals surface area contributed by atoms with Crippen molar-refractivity contribution in [1.29, 1.82) is 5.26 Å². The zero-order chi connectivity index (χ0) is 13.0. The fourth-order valence-electron chi connectivity index (χ4n) is 1.80. The van der Waals surface area contributed by atoms with Crippen LogP contribution in [0.2, 0.25) is 0 Å². The maximum Gasteiger partial charge on any atom is 0.140 e. The average molecular weight is 240 g/mol. The molecule has 2 aromatic carbocycles. The Kier molecular flexibility index (Phi) is 3.59. The van der Waals surface area contributed by atoms with Gasteiger partial charge >= 0.3 is 0 Å². The highest BCUT2D eigenvalue weighted by Crippen LogP contribution is 2.22. The number of hydrogen-bond donors (Lipinski definition) is 1. The van der Waals surface area contributed by atoms with Gasteiger partial charge in [0.15, 0.2) is 0 Å². The smallest absolute Gasteiger partial charge is 0.140 e. The van der Waals surface area contributed by atoms with Crippen molar-refractivity contribution >= 4 is 5.69 Å². The van der Waals surface area contributed by atoms with E-state index < -0.39 is 6.04 Å². The highest BCUT2D eigenvalue weighted by atomic mass is 19.1. The zero-order valence-electron chi connectivity index (χ0n) is 10.0. The third-order valence-electron chi connectivity index (χ3n) is 2.77. The fourth-order valence-corrected chi connectivity index (χ4v) is 1.80. The molecule has 18 heavy (non-hydrogen) atoms. The van der Waals surface area contributed by atoms with Crippen LogP contribution < -0.4 is 5.32 Å². The summed E-state index contributed by atoms with van der Waals surface area (Å²) in [7, 11) is 0. The number of halogens is 1. The lowest BCUT2D eigenvalue weighted by Gasteiger charge is -2.15. The second-order valence-electron chi connectivity index (χ2n) is 4.07. The number of para-hydroxylation sites is 1. The van der Waals surface area contributed by atoms with Crippen LogP contribution in [0.25, 0.3) is 0 Å². The highest BCUT2D eigenvalue weighted by Gasteiger charge is 2.13. The molecule has 0 amide bonds. The lowest BCUT2D eigenvalue weighted by atomic mass is 10.0. The number of rotatable bonds is 3. The van der Waals surface area contributed by atoms with Crippen LogP contribution in [0.5, 0.6) is 0 Å². The Labute approximate surface area is 106 Å². The van der Waals surface area contributed by atoms with Crippen LogP contribution in [0.4, 0.5) is 10.1 Å². The molecule has 0 bridgehead atoms. The summed E-state index contributed by atoms with van der Waals surface area (Å²) in [6.45, 7) is 1.87. The summed E-state index contributed by atoms with van der Waals surface area (Å²) >= 11 is 0. The monoisotopic (exact) mass is 240 g/mol. The van der Waals surface area contributed by atoms with Crippen molar-refractivity contribution in [3.63, 3.8) is 0 Å². The molecule has 3 heteroatoms. The molecule has 0 saturated heterocycles. The van der Waals surface area contributed by atoms with Crippen LogP contribution in [0, 0.1) is 24.1 Å². The fraction of sp³-hybridized carbons (Fsp3) is 0.133. The van der Waals surface area contributed by atoms with Gasteiger partial charge in [-0.3, -0.25) is 0 Å². The molecule has 0 aliphatic carbocycles. The van der Waals surface area contributed by atoms with Gasteiger partial charge in [0.2, 0.25) is 0 Å². The molecular formula is C15H13FN2. The molecule has 2 aromatic rings. The minimum atomic E-state index is -0.553. The number of anilines is 1. The van der Waals surface area contributed by atoms with Gasteiger partial charge in [0, 0.05) is 5.69 Å². The van der Waals surface area contributed by atoms with E-state index in [-0.39, 0.29) is 5.82 Å². The van der Waals surface area contributed by atoms with Gasteiger partial charge < -0.3 is 5.32 Å². The Hall–Kier alpha value is -2.34. The number of benzene rings is 2. The summed E-state index contributed by atoms with van der Waals surface area (Å²) in [6.07, 6.45) is 0. The second kappa shape index (κ2) is 5.33. The predicted octanol–water partition coefficient (Wildman–Crippen LogP) is 3.81. The molecule has 1 atom stereocenters. The molecule has 0 radical (unpaired) electrons. The Balaban J connectivity index is 2.29. The van der Waals surface area contributed by atoms with E-state index in [4.69, 9.17) is 0 Å². The lowest BCUT2D eigenvalue weighted by molar-refractivity contribution is 0.624. The Morgan fingerprint density at radius 3 is 2.56 bits per heavy atom. The predicted molar refractivity (Wildman–Crippen MR) is 69.6 cm³/mol. The Morgan fingerprint density at radius 1 is 1.17 bits per heavy atom. The number of hydrogen-bond acceptors (Lipinski definition) is 2. The van der Waals surface area contributed by atoms with E-state index in [2.05, 4.69) is 11.4 Å². The third kappa shape index (κ3) is 2.67. The Bertz CT molecular complexity index is 573. The quantitative estimate of drug-likeness (QED) is 0.885. The molecular weight excluding hydrogens is 227 g/mol. The molecule has 1 N–H and O–H groups in total. The van der Waals surface area contributed by atoms with Crippen LogP contribution in [-0.4, -0.2) is 0 Å². The van der Waals surface area contributed by atoms with Crippen molar-refractivity contribution in [3.05, 3.63) is 65.5 Å². The summed E-state index contributed by atoms with van der Waals surface area (Å²) in [6, 6.07) is 15.5. The van der Waals surface area contributed by atoms with Crippen LogP contribution in [0.15, 0.2) is 48.5 Å². The zero-order valence-corrected chi connectivity index (χ0v) is 10.0. The maximum atomic E-state index is 13.2. The molecule has 0 spiro atoms. The largest absolute Gasteiger partial charge is 0.366 e. The second-order valence-corrected chi connectivity index (χ2v) is 4.07. The first kappa shape index (κ1) is 12.1. The van der Waals surface area contributed by atoms with Gasteiger partial charge in [-0.05, 0) is 42.3 Å². The number of aryl methyl sites for hydroxylation is 1. The van der Waals surface area contributed by atoms with Gasteiger partial charge in [-0.25, -0.2) is 4.39 Å². The van der Waals surface area contributed by atoms with Gasteiger partial charge in [0.1, 0.15) is 11.9 Å². The van der Waals surface area contributed by atoms with E-state index in [1.807, 2.05) is 37.3 Å². The van der Waals surface area contributed by atoms with Crippen LogP contribution in [0.3, 0.4) is 0 Å². The number of nitriles is 1. The minimum Gasteiger partial charge on any atom is -0.366 e. The molecule has 0 fully saturated rings. The lowest BCUT2D eigenvalue weighted by Crippen LogP contribution is -2.10. The summed E-state index contributed by atoms with van der Waals surface area (Å²) in [5, 5.41) is 12.3. The van der Waals surface area contributed by atoms with Crippen LogP contribution in [-0.2, 0) is 0 Å². The van der Waals surface area contributed by atoms with Gasteiger partial charge in [0.25, 0.3) is 0 Å². The normalized spacial score (nSPS) is 11.6. The van der Waals surface area contributed by atoms with Crippen molar-refractivity contribution in [2.75, 3.05) is 5.32 Å². The van der Waals surface area contributed by atoms with Crippen LogP contribution >= 0.6 is 0 Å². The van der Waals surface area contributed by atoms with Crippen molar-refractivity contribution in [2.24, 2.45) is 0 Å². The highest BCUT2D eigenvalue weighted by molar-refractivity contribution is 5.48. The standard InChI is InChI=1S/C15H13FN2/c1-11-7-8-12(16)9-14(11)15(10-17)18-13-5-3-2-4-6-13/h2-9,15,18H,1H3. The average Bonchev–Trinajstić information content (AvgIpc) is 2.40. The van der Waals surface area contributed by atoms with Crippen molar-refractivity contribution in [1.82, 2.24) is 0 Å². The van der Waals surface area contributed by atoms with Gasteiger partial charge in [-0.1, -0.05) is 24.3 Å². The van der Waals surface area contributed by atoms with E-state index in [1.165, 1.54) is 12.1 Å². The molecule has 0 aliphatic heterocycles.